The maximum atomic E-state index is 12.0. The molecule has 9 heteroatoms. The van der Waals surface area contributed by atoms with Crippen LogP contribution in [0.25, 0.3) is 11.0 Å². The molecule has 2 aromatic heterocycles. The Kier molecular flexibility index (Phi) is 4.63. The van der Waals surface area contributed by atoms with Gasteiger partial charge in [0.1, 0.15) is 6.10 Å². The lowest BCUT2D eigenvalue weighted by atomic mass is 10.2. The summed E-state index contributed by atoms with van der Waals surface area (Å²) in [6, 6.07) is 1.39. The van der Waals surface area contributed by atoms with Crippen molar-refractivity contribution in [1.82, 2.24) is 20.1 Å². The van der Waals surface area contributed by atoms with Crippen molar-refractivity contribution in [1.29, 1.82) is 0 Å². The molecule has 136 valence electrons. The second-order valence-corrected chi connectivity index (χ2v) is 6.57. The summed E-state index contributed by atoms with van der Waals surface area (Å²) >= 11 is 0. The van der Waals surface area contributed by atoms with E-state index < -0.39 is 24.0 Å². The van der Waals surface area contributed by atoms with Gasteiger partial charge in [-0.3, -0.25) is 4.68 Å². The average Bonchev–Trinajstić information content (AvgIpc) is 3.05. The molecule has 2 atom stereocenters. The number of aromatic nitrogens is 3. The van der Waals surface area contributed by atoms with Crippen LogP contribution in [0.15, 0.2) is 12.3 Å². The predicted octanol–water partition coefficient (Wildman–Crippen LogP) is 0.911. The molecule has 3 heterocycles. The molecule has 1 fully saturated rings. The first kappa shape index (κ1) is 17.6. The average molecular weight is 349 g/mol. The largest absolute Gasteiger partial charge is 0.388 e. The second-order valence-electron chi connectivity index (χ2n) is 6.57. The summed E-state index contributed by atoms with van der Waals surface area (Å²) in [5.74, 6) is -0.712. The van der Waals surface area contributed by atoms with Crippen LogP contribution in [0.1, 0.15) is 19.5 Å². The molecule has 3 N–H and O–H groups in total. The third-order valence-electron chi connectivity index (χ3n) is 4.05. The highest BCUT2D eigenvalue weighted by atomic mass is 16.7. The minimum absolute atomic E-state index is 0.0531. The van der Waals surface area contributed by atoms with E-state index in [-0.39, 0.29) is 6.54 Å². The number of hydrogen-bond acceptors (Lipinski definition) is 6. The SMILES string of the molecule is Cc1nn(C)c2ncc(NC(=O)NCC(O)[C@H]3COC(C)(C)O3)cc12. The molecule has 2 amide bonds. The first-order chi connectivity index (χ1) is 11.7. The Balaban J connectivity index is 1.55. The molecule has 1 aliphatic heterocycles. The lowest BCUT2D eigenvalue weighted by molar-refractivity contribution is -0.150. The van der Waals surface area contributed by atoms with Crippen LogP contribution in [0.5, 0.6) is 0 Å². The smallest absolute Gasteiger partial charge is 0.319 e. The minimum Gasteiger partial charge on any atom is -0.388 e. The Morgan fingerprint density at radius 1 is 1.56 bits per heavy atom. The van der Waals surface area contributed by atoms with Crippen molar-refractivity contribution >= 4 is 22.8 Å². The summed E-state index contributed by atoms with van der Waals surface area (Å²) in [5, 5.41) is 20.6. The van der Waals surface area contributed by atoms with Crippen molar-refractivity contribution in [2.45, 2.75) is 38.8 Å². The standard InChI is InChI=1S/C16H23N5O4/c1-9-11-5-10(6-17-14(11)21(4)20-9)19-15(23)18-7-12(22)13-8-24-16(2,3)25-13/h5-6,12-13,22H,7-8H2,1-4H3,(H2,18,19,23)/t12?,13-/m1/s1. The third kappa shape index (κ3) is 3.89. The molecule has 3 rings (SSSR count). The van der Waals surface area contributed by atoms with E-state index in [4.69, 9.17) is 9.47 Å². The van der Waals surface area contributed by atoms with Crippen molar-refractivity contribution in [3.05, 3.63) is 18.0 Å². The first-order valence-corrected chi connectivity index (χ1v) is 8.09. The van der Waals surface area contributed by atoms with Crippen LogP contribution < -0.4 is 10.6 Å². The number of rotatable bonds is 4. The number of nitrogens with one attached hydrogen (secondary N) is 2. The summed E-state index contributed by atoms with van der Waals surface area (Å²) in [6.07, 6.45) is 0.246. The van der Waals surface area contributed by atoms with E-state index in [1.807, 2.05) is 20.0 Å². The van der Waals surface area contributed by atoms with E-state index in [1.165, 1.54) is 0 Å². The Labute approximate surface area is 145 Å². The highest BCUT2D eigenvalue weighted by Gasteiger charge is 2.36. The molecule has 0 bridgehead atoms. The number of carbonyl (C=O) groups is 1. The van der Waals surface area contributed by atoms with Gasteiger partial charge in [0, 0.05) is 19.0 Å². The number of anilines is 1. The summed E-state index contributed by atoms with van der Waals surface area (Å²) in [6.45, 7) is 5.79. The lowest BCUT2D eigenvalue weighted by Crippen LogP contribution is -2.42. The Bertz CT molecular complexity index is 788. The van der Waals surface area contributed by atoms with Gasteiger partial charge in [-0.15, -0.1) is 0 Å². The number of amides is 2. The molecule has 9 nitrogen and oxygen atoms in total. The summed E-state index contributed by atoms with van der Waals surface area (Å²) in [4.78, 5) is 16.3. The van der Waals surface area contributed by atoms with Gasteiger partial charge in [0.05, 0.1) is 30.3 Å². The number of hydrogen-bond donors (Lipinski definition) is 3. The Hall–Kier alpha value is -2.23. The number of aryl methyl sites for hydroxylation is 2. The summed E-state index contributed by atoms with van der Waals surface area (Å²) < 4.78 is 12.7. The van der Waals surface area contributed by atoms with Gasteiger partial charge in [0.25, 0.3) is 0 Å². The molecule has 0 saturated carbocycles. The van der Waals surface area contributed by atoms with Crippen LogP contribution in [0.4, 0.5) is 10.5 Å². The molecule has 2 aromatic rings. The molecule has 1 saturated heterocycles. The van der Waals surface area contributed by atoms with Crippen LogP contribution in [0, 0.1) is 6.92 Å². The first-order valence-electron chi connectivity index (χ1n) is 8.09. The number of nitrogens with zero attached hydrogens (tertiary/aromatic N) is 3. The lowest BCUT2D eigenvalue weighted by Gasteiger charge is -2.20. The van der Waals surface area contributed by atoms with Crippen LogP contribution in [-0.2, 0) is 16.5 Å². The van der Waals surface area contributed by atoms with Crippen molar-refractivity contribution < 1.29 is 19.4 Å². The second kappa shape index (κ2) is 6.58. The molecule has 0 radical (unpaired) electrons. The number of ether oxygens (including phenoxy) is 2. The zero-order chi connectivity index (χ0) is 18.2. The summed E-state index contributed by atoms with van der Waals surface area (Å²) in [7, 11) is 1.82. The zero-order valence-electron chi connectivity index (χ0n) is 14.7. The number of aliphatic hydroxyl groups is 1. The normalized spacial score (nSPS) is 20.6. The van der Waals surface area contributed by atoms with Gasteiger partial charge in [-0.1, -0.05) is 0 Å². The van der Waals surface area contributed by atoms with Crippen LogP contribution >= 0.6 is 0 Å². The summed E-state index contributed by atoms with van der Waals surface area (Å²) in [5.41, 5.74) is 2.14. The number of fused-ring (bicyclic) bond motifs is 1. The number of carbonyl (C=O) groups excluding carboxylic acids is 1. The molecule has 1 unspecified atom stereocenters. The fourth-order valence-electron chi connectivity index (χ4n) is 2.79. The minimum atomic E-state index is -0.853. The van der Waals surface area contributed by atoms with Gasteiger partial charge < -0.3 is 25.2 Å². The van der Waals surface area contributed by atoms with E-state index in [9.17, 15) is 9.90 Å². The highest BCUT2D eigenvalue weighted by molar-refractivity contribution is 5.92. The predicted molar refractivity (Wildman–Crippen MR) is 91.2 cm³/mol. The third-order valence-corrected chi connectivity index (χ3v) is 4.05. The molecule has 0 aromatic carbocycles. The molecule has 1 aliphatic rings. The molecular weight excluding hydrogens is 326 g/mol. The van der Waals surface area contributed by atoms with Crippen molar-refractivity contribution in [2.24, 2.45) is 7.05 Å². The van der Waals surface area contributed by atoms with Gasteiger partial charge in [0.2, 0.25) is 0 Å². The molecule has 0 spiro atoms. The topological polar surface area (TPSA) is 111 Å². The number of pyridine rings is 1. The number of aliphatic hydroxyl groups excluding tert-OH is 1. The van der Waals surface area contributed by atoms with E-state index >= 15 is 0 Å². The van der Waals surface area contributed by atoms with Crippen molar-refractivity contribution in [3.8, 4) is 0 Å². The highest BCUT2D eigenvalue weighted by Crippen LogP contribution is 2.24. The van der Waals surface area contributed by atoms with E-state index in [0.717, 1.165) is 16.7 Å². The van der Waals surface area contributed by atoms with Gasteiger partial charge in [0.15, 0.2) is 11.4 Å². The van der Waals surface area contributed by atoms with Crippen LogP contribution in [0.2, 0.25) is 0 Å². The zero-order valence-corrected chi connectivity index (χ0v) is 14.7. The fourth-order valence-corrected chi connectivity index (χ4v) is 2.79. The van der Waals surface area contributed by atoms with Crippen molar-refractivity contribution in [2.75, 3.05) is 18.5 Å². The van der Waals surface area contributed by atoms with E-state index in [0.29, 0.717) is 12.3 Å². The van der Waals surface area contributed by atoms with Gasteiger partial charge in [-0.2, -0.15) is 5.10 Å². The molecular formula is C16H23N5O4. The molecule has 0 aliphatic carbocycles. The van der Waals surface area contributed by atoms with E-state index in [1.54, 1.807) is 24.7 Å². The van der Waals surface area contributed by atoms with Crippen LogP contribution in [-0.4, -0.2) is 57.0 Å². The Morgan fingerprint density at radius 3 is 3.00 bits per heavy atom. The fraction of sp³-hybridized carbons (Fsp3) is 0.562. The monoisotopic (exact) mass is 349 g/mol. The number of urea groups is 1. The maximum absolute atomic E-state index is 12.0. The van der Waals surface area contributed by atoms with Crippen molar-refractivity contribution in [3.63, 3.8) is 0 Å². The van der Waals surface area contributed by atoms with Gasteiger partial charge in [-0.25, -0.2) is 9.78 Å². The van der Waals surface area contributed by atoms with E-state index in [2.05, 4.69) is 20.7 Å². The quantitative estimate of drug-likeness (QED) is 0.757. The van der Waals surface area contributed by atoms with Crippen LogP contribution in [0.3, 0.4) is 0 Å². The molecule has 25 heavy (non-hydrogen) atoms. The van der Waals surface area contributed by atoms with Gasteiger partial charge in [-0.05, 0) is 26.8 Å². The Morgan fingerprint density at radius 2 is 2.32 bits per heavy atom. The maximum Gasteiger partial charge on any atom is 0.319 e. The van der Waals surface area contributed by atoms with Gasteiger partial charge >= 0.3 is 6.03 Å².